The number of nitrogens with two attached hydrogens (primary N) is 1. The van der Waals surface area contributed by atoms with E-state index in [9.17, 15) is 8.42 Å². The molecule has 0 aromatic carbocycles. The van der Waals surface area contributed by atoms with Gasteiger partial charge in [0.1, 0.15) is 0 Å². The summed E-state index contributed by atoms with van der Waals surface area (Å²) in [5.74, 6) is 0.291. The molecule has 15 heavy (non-hydrogen) atoms. The maximum Gasteiger partial charge on any atom is 0.241 e. The average molecular weight is 248 g/mol. The van der Waals surface area contributed by atoms with Gasteiger partial charge in [-0.15, -0.1) is 11.3 Å². The van der Waals surface area contributed by atoms with Crippen LogP contribution in [0.3, 0.4) is 0 Å². The fraction of sp³-hybridized carbons (Fsp3) is 0.556. The van der Waals surface area contributed by atoms with Gasteiger partial charge < -0.3 is 5.73 Å². The van der Waals surface area contributed by atoms with Crippen molar-refractivity contribution in [2.45, 2.75) is 25.3 Å². The Morgan fingerprint density at radius 1 is 1.53 bits per heavy atom. The number of hydrogen-bond donors (Lipinski definition) is 2. The summed E-state index contributed by atoms with van der Waals surface area (Å²) >= 11 is 1.37. The number of nitrogens with one attached hydrogen (secondary N) is 1. The van der Waals surface area contributed by atoms with Gasteiger partial charge in [-0.05, 0) is 17.4 Å². The van der Waals surface area contributed by atoms with E-state index in [0.29, 0.717) is 22.2 Å². The van der Waals surface area contributed by atoms with Crippen LogP contribution >= 0.6 is 11.3 Å². The number of rotatable bonds is 5. The van der Waals surface area contributed by atoms with Crippen molar-refractivity contribution in [1.29, 1.82) is 0 Å². The zero-order valence-corrected chi connectivity index (χ0v) is 10.5. The average Bonchev–Trinajstić information content (AvgIpc) is 2.63. The summed E-state index contributed by atoms with van der Waals surface area (Å²) in [7, 11) is -3.37. The van der Waals surface area contributed by atoms with Crippen molar-refractivity contribution >= 4 is 21.4 Å². The lowest BCUT2D eigenvalue weighted by Gasteiger charge is -2.08. The molecule has 4 nitrogen and oxygen atoms in total. The lowest BCUT2D eigenvalue weighted by Crippen LogP contribution is -2.28. The number of hydrogen-bond acceptors (Lipinski definition) is 4. The van der Waals surface area contributed by atoms with Crippen LogP contribution in [0.5, 0.6) is 0 Å². The van der Waals surface area contributed by atoms with Gasteiger partial charge in [-0.3, -0.25) is 0 Å². The van der Waals surface area contributed by atoms with Gasteiger partial charge in [0.05, 0.1) is 4.90 Å². The molecular weight excluding hydrogens is 232 g/mol. The maximum absolute atomic E-state index is 11.8. The van der Waals surface area contributed by atoms with Crippen molar-refractivity contribution in [3.63, 3.8) is 0 Å². The Morgan fingerprint density at radius 3 is 2.73 bits per heavy atom. The first-order chi connectivity index (χ1) is 6.97. The second kappa shape index (κ2) is 5.07. The van der Waals surface area contributed by atoms with Gasteiger partial charge in [-0.1, -0.05) is 13.8 Å². The Kier molecular flexibility index (Phi) is 4.27. The molecule has 1 aromatic heterocycles. The highest BCUT2D eigenvalue weighted by Gasteiger charge is 2.18. The van der Waals surface area contributed by atoms with E-state index in [1.807, 2.05) is 13.8 Å². The third kappa shape index (κ3) is 3.27. The summed E-state index contributed by atoms with van der Waals surface area (Å²) < 4.78 is 26.2. The van der Waals surface area contributed by atoms with Crippen molar-refractivity contribution < 1.29 is 8.42 Å². The molecule has 0 saturated carbocycles. The van der Waals surface area contributed by atoms with Crippen LogP contribution in [0.2, 0.25) is 0 Å². The van der Waals surface area contributed by atoms with Gasteiger partial charge in [0, 0.05) is 18.0 Å². The van der Waals surface area contributed by atoms with Crippen LogP contribution in [0.15, 0.2) is 16.3 Å². The van der Waals surface area contributed by atoms with Gasteiger partial charge in [-0.2, -0.15) is 0 Å². The minimum atomic E-state index is -3.37. The maximum atomic E-state index is 11.8. The Hall–Kier alpha value is -0.430. The van der Waals surface area contributed by atoms with Crippen molar-refractivity contribution in [2.24, 2.45) is 11.7 Å². The summed E-state index contributed by atoms with van der Waals surface area (Å²) in [6.07, 6.45) is 0. The molecule has 6 heteroatoms. The Balaban J connectivity index is 2.86. The molecule has 0 fully saturated rings. The van der Waals surface area contributed by atoms with Gasteiger partial charge in [0.15, 0.2) is 0 Å². The summed E-state index contributed by atoms with van der Waals surface area (Å²) in [5, 5.41) is 1.74. The molecule has 0 aliphatic rings. The highest BCUT2D eigenvalue weighted by molar-refractivity contribution is 7.89. The van der Waals surface area contributed by atoms with Crippen molar-refractivity contribution in [2.75, 3.05) is 6.54 Å². The normalized spacial score (nSPS) is 12.3. The predicted octanol–water partition coefficient (Wildman–Crippen LogP) is 1.14. The number of sulfonamides is 1. The van der Waals surface area contributed by atoms with E-state index in [4.69, 9.17) is 5.73 Å². The molecule has 0 atom stereocenters. The molecule has 0 radical (unpaired) electrons. The minimum Gasteiger partial charge on any atom is -0.326 e. The lowest BCUT2D eigenvalue weighted by atomic mass is 10.2. The molecule has 0 bridgehead atoms. The molecule has 3 N–H and O–H groups in total. The summed E-state index contributed by atoms with van der Waals surface area (Å²) in [6.45, 7) is 4.62. The topological polar surface area (TPSA) is 72.2 Å². The SMILES string of the molecule is CC(C)CNS(=O)(=O)c1ccsc1CN. The molecule has 0 saturated heterocycles. The molecule has 0 aliphatic carbocycles. The van der Waals surface area contributed by atoms with E-state index < -0.39 is 10.0 Å². The van der Waals surface area contributed by atoms with Gasteiger partial charge in [-0.25, -0.2) is 13.1 Å². The van der Waals surface area contributed by atoms with Crippen molar-refractivity contribution in [1.82, 2.24) is 4.72 Å². The smallest absolute Gasteiger partial charge is 0.241 e. The summed E-state index contributed by atoms with van der Waals surface area (Å²) in [5.41, 5.74) is 5.47. The van der Waals surface area contributed by atoms with E-state index in [2.05, 4.69) is 4.72 Å². The quantitative estimate of drug-likeness (QED) is 0.821. The van der Waals surface area contributed by atoms with Crippen LogP contribution in [0, 0.1) is 5.92 Å². The molecule has 0 aliphatic heterocycles. The first-order valence-corrected chi connectivity index (χ1v) is 7.09. The Bertz CT molecular complexity index is 410. The zero-order valence-electron chi connectivity index (χ0n) is 8.86. The highest BCUT2D eigenvalue weighted by Crippen LogP contribution is 2.20. The second-order valence-electron chi connectivity index (χ2n) is 3.66. The largest absolute Gasteiger partial charge is 0.326 e. The van der Waals surface area contributed by atoms with Crippen LogP contribution < -0.4 is 10.5 Å². The summed E-state index contributed by atoms with van der Waals surface area (Å²) in [4.78, 5) is 1.02. The molecule has 0 spiro atoms. The third-order valence-corrected chi connectivity index (χ3v) is 4.44. The third-order valence-electron chi connectivity index (χ3n) is 1.86. The predicted molar refractivity (Wildman–Crippen MR) is 62.2 cm³/mol. The van der Waals surface area contributed by atoms with Crippen molar-refractivity contribution in [3.8, 4) is 0 Å². The van der Waals surface area contributed by atoms with E-state index in [-0.39, 0.29) is 6.54 Å². The van der Waals surface area contributed by atoms with Gasteiger partial charge in [0.2, 0.25) is 10.0 Å². The monoisotopic (exact) mass is 248 g/mol. The second-order valence-corrected chi connectivity index (χ2v) is 6.39. The standard InChI is InChI=1S/C9H16N2O2S2/c1-7(2)6-11-15(12,13)9-3-4-14-8(9)5-10/h3-4,7,11H,5-6,10H2,1-2H3. The molecule has 86 valence electrons. The molecule has 0 amide bonds. The number of thiophene rings is 1. The molecule has 1 heterocycles. The van der Waals surface area contributed by atoms with Crippen LogP contribution in [-0.4, -0.2) is 15.0 Å². The molecule has 0 unspecified atom stereocenters. The van der Waals surface area contributed by atoms with E-state index >= 15 is 0 Å². The fourth-order valence-electron chi connectivity index (χ4n) is 1.07. The van der Waals surface area contributed by atoms with E-state index in [1.54, 1.807) is 11.4 Å². The van der Waals surface area contributed by atoms with Crippen LogP contribution in [0.4, 0.5) is 0 Å². The first-order valence-electron chi connectivity index (χ1n) is 4.73. The lowest BCUT2D eigenvalue weighted by molar-refractivity contribution is 0.559. The summed E-state index contributed by atoms with van der Waals surface area (Å²) in [6, 6.07) is 1.59. The van der Waals surface area contributed by atoms with E-state index in [0.717, 1.165) is 0 Å². The highest BCUT2D eigenvalue weighted by atomic mass is 32.2. The van der Waals surface area contributed by atoms with Crippen molar-refractivity contribution in [3.05, 3.63) is 16.3 Å². The van der Waals surface area contributed by atoms with Gasteiger partial charge >= 0.3 is 0 Å². The van der Waals surface area contributed by atoms with E-state index in [1.165, 1.54) is 11.3 Å². The first kappa shape index (κ1) is 12.6. The molecular formula is C9H16N2O2S2. The van der Waals surface area contributed by atoms with Gasteiger partial charge in [0.25, 0.3) is 0 Å². The Morgan fingerprint density at radius 2 is 2.20 bits per heavy atom. The van der Waals surface area contributed by atoms with Crippen LogP contribution in [-0.2, 0) is 16.6 Å². The minimum absolute atomic E-state index is 0.260. The van der Waals surface area contributed by atoms with Crippen LogP contribution in [0.25, 0.3) is 0 Å². The van der Waals surface area contributed by atoms with Crippen LogP contribution in [0.1, 0.15) is 18.7 Å². The zero-order chi connectivity index (χ0) is 11.5. The molecule has 1 rings (SSSR count). The Labute approximate surface area is 94.5 Å². The fourth-order valence-corrected chi connectivity index (χ4v) is 3.62. The molecule has 1 aromatic rings.